The third-order valence-electron chi connectivity index (χ3n) is 5.97. The molecule has 3 heteroatoms. The summed E-state index contributed by atoms with van der Waals surface area (Å²) in [6.07, 6.45) is 3.82. The summed E-state index contributed by atoms with van der Waals surface area (Å²) in [6.45, 7) is 2.85. The summed E-state index contributed by atoms with van der Waals surface area (Å²) in [5.74, 6) is 2.96. The molecule has 2 aliphatic carbocycles. The zero-order chi connectivity index (χ0) is 13.9. The van der Waals surface area contributed by atoms with Crippen molar-refractivity contribution in [2.45, 2.75) is 38.5 Å². The Morgan fingerprint density at radius 3 is 3.05 bits per heavy atom. The number of rotatable bonds is 0. The van der Waals surface area contributed by atoms with Gasteiger partial charge >= 0.3 is 0 Å². The Labute approximate surface area is 118 Å². The topological polar surface area (TPSA) is 46.5 Å². The molecule has 0 radical (unpaired) electrons. The SMILES string of the molecule is C[C@]12CC[C@@H]3c4ccc(O)cc4OC[C@H]3[C@@H]1CCC2=O. The van der Waals surface area contributed by atoms with Gasteiger partial charge in [-0.3, -0.25) is 4.79 Å². The number of hydrogen-bond acceptors (Lipinski definition) is 3. The van der Waals surface area contributed by atoms with Gasteiger partial charge < -0.3 is 9.84 Å². The zero-order valence-electron chi connectivity index (χ0n) is 11.8. The molecule has 1 aliphatic heterocycles. The standard InChI is InChI=1S/C17H20O3/c1-17-7-6-11-12-3-2-10(18)8-15(12)20-9-13(11)14(17)4-5-16(17)19/h2-3,8,11,13-14,18H,4-7,9H2,1H3/t11-,13-,14+,17+/m1/s1. The highest BCUT2D eigenvalue weighted by Crippen LogP contribution is 2.58. The lowest BCUT2D eigenvalue weighted by molar-refractivity contribution is -0.129. The van der Waals surface area contributed by atoms with Crippen LogP contribution in [0.5, 0.6) is 11.5 Å². The summed E-state index contributed by atoms with van der Waals surface area (Å²) < 4.78 is 5.89. The van der Waals surface area contributed by atoms with E-state index < -0.39 is 0 Å². The van der Waals surface area contributed by atoms with Crippen molar-refractivity contribution < 1.29 is 14.6 Å². The molecule has 0 saturated heterocycles. The van der Waals surface area contributed by atoms with Crippen LogP contribution >= 0.6 is 0 Å². The Balaban J connectivity index is 1.73. The maximum Gasteiger partial charge on any atom is 0.139 e. The molecular formula is C17H20O3. The van der Waals surface area contributed by atoms with E-state index in [1.807, 2.05) is 6.07 Å². The van der Waals surface area contributed by atoms with Gasteiger partial charge in [-0.25, -0.2) is 0 Å². The van der Waals surface area contributed by atoms with Crippen molar-refractivity contribution >= 4 is 5.78 Å². The number of carbonyl (C=O) groups excluding carboxylic acids is 1. The summed E-state index contributed by atoms with van der Waals surface area (Å²) in [5.41, 5.74) is 1.11. The lowest BCUT2D eigenvalue weighted by Gasteiger charge is -2.47. The minimum absolute atomic E-state index is 0.112. The zero-order valence-corrected chi connectivity index (χ0v) is 11.8. The molecule has 0 unspecified atom stereocenters. The Hall–Kier alpha value is -1.51. The van der Waals surface area contributed by atoms with Gasteiger partial charge in [0.2, 0.25) is 0 Å². The smallest absolute Gasteiger partial charge is 0.139 e. The van der Waals surface area contributed by atoms with E-state index in [-0.39, 0.29) is 11.2 Å². The summed E-state index contributed by atoms with van der Waals surface area (Å²) >= 11 is 0. The van der Waals surface area contributed by atoms with Crippen LogP contribution in [0.15, 0.2) is 18.2 Å². The molecule has 1 aromatic carbocycles. The first kappa shape index (κ1) is 12.2. The first-order valence-corrected chi connectivity index (χ1v) is 7.58. The van der Waals surface area contributed by atoms with Crippen molar-refractivity contribution in [3.63, 3.8) is 0 Å². The van der Waals surface area contributed by atoms with E-state index in [1.54, 1.807) is 12.1 Å². The van der Waals surface area contributed by atoms with Gasteiger partial charge in [-0.1, -0.05) is 13.0 Å². The maximum atomic E-state index is 12.2. The fourth-order valence-corrected chi connectivity index (χ4v) is 4.82. The van der Waals surface area contributed by atoms with E-state index in [1.165, 1.54) is 5.56 Å². The molecule has 0 aromatic heterocycles. The second kappa shape index (κ2) is 4.00. The van der Waals surface area contributed by atoms with E-state index in [0.717, 1.165) is 31.4 Å². The number of fused-ring (bicyclic) bond motifs is 5. The number of hydrogen-bond donors (Lipinski definition) is 1. The molecule has 1 N–H and O–H groups in total. The summed E-state index contributed by atoms with van der Waals surface area (Å²) in [6, 6.07) is 5.47. The predicted molar refractivity (Wildman–Crippen MR) is 74.9 cm³/mol. The van der Waals surface area contributed by atoms with Gasteiger partial charge in [0.05, 0.1) is 6.61 Å². The fraction of sp³-hybridized carbons (Fsp3) is 0.588. The van der Waals surface area contributed by atoms with Crippen molar-refractivity contribution in [2.24, 2.45) is 17.3 Å². The molecule has 0 bridgehead atoms. The van der Waals surface area contributed by atoms with Crippen LogP contribution in [0.1, 0.15) is 44.1 Å². The van der Waals surface area contributed by atoms with Crippen molar-refractivity contribution in [1.82, 2.24) is 0 Å². The van der Waals surface area contributed by atoms with Gasteiger partial charge in [0.15, 0.2) is 0 Å². The molecule has 2 fully saturated rings. The molecule has 4 rings (SSSR count). The van der Waals surface area contributed by atoms with Gasteiger partial charge in [-0.15, -0.1) is 0 Å². The molecular weight excluding hydrogens is 252 g/mol. The number of Topliss-reactive ketones (excluding diaryl/α,β-unsaturated/α-hetero) is 1. The van der Waals surface area contributed by atoms with Crippen LogP contribution in [0.3, 0.4) is 0 Å². The summed E-state index contributed by atoms with van der Waals surface area (Å²) in [5, 5.41) is 9.59. The Bertz CT molecular complexity index is 580. The Kier molecular flexibility index (Phi) is 2.45. The second-order valence-electron chi connectivity index (χ2n) is 6.83. The normalized spacial score (nSPS) is 38.6. The van der Waals surface area contributed by atoms with Crippen molar-refractivity contribution in [3.05, 3.63) is 23.8 Å². The van der Waals surface area contributed by atoms with Crippen LogP contribution in [0, 0.1) is 17.3 Å². The lowest BCUT2D eigenvalue weighted by atomic mass is 9.58. The van der Waals surface area contributed by atoms with Crippen LogP contribution in [0.25, 0.3) is 0 Å². The molecule has 2 saturated carbocycles. The third-order valence-corrected chi connectivity index (χ3v) is 5.97. The number of ketones is 1. The third kappa shape index (κ3) is 1.49. The van der Waals surface area contributed by atoms with E-state index in [9.17, 15) is 9.90 Å². The average molecular weight is 272 g/mol. The van der Waals surface area contributed by atoms with Crippen molar-refractivity contribution in [3.8, 4) is 11.5 Å². The van der Waals surface area contributed by atoms with E-state index in [0.29, 0.717) is 30.1 Å². The Morgan fingerprint density at radius 1 is 1.35 bits per heavy atom. The number of phenols is 1. The number of phenolic OH excluding ortho intramolecular Hbond substituents is 1. The van der Waals surface area contributed by atoms with Gasteiger partial charge in [0.25, 0.3) is 0 Å². The lowest BCUT2D eigenvalue weighted by Crippen LogP contribution is -2.44. The van der Waals surface area contributed by atoms with Gasteiger partial charge in [-0.2, -0.15) is 0 Å². The minimum atomic E-state index is -0.112. The largest absolute Gasteiger partial charge is 0.508 e. The van der Waals surface area contributed by atoms with Gasteiger partial charge in [-0.05, 0) is 42.7 Å². The minimum Gasteiger partial charge on any atom is -0.508 e. The summed E-state index contributed by atoms with van der Waals surface area (Å²) in [7, 11) is 0. The van der Waals surface area contributed by atoms with E-state index in [4.69, 9.17) is 4.74 Å². The van der Waals surface area contributed by atoms with Crippen LogP contribution in [-0.2, 0) is 4.79 Å². The van der Waals surface area contributed by atoms with E-state index in [2.05, 4.69) is 6.92 Å². The second-order valence-corrected chi connectivity index (χ2v) is 6.83. The molecule has 4 atom stereocenters. The van der Waals surface area contributed by atoms with Crippen LogP contribution < -0.4 is 4.74 Å². The van der Waals surface area contributed by atoms with Crippen LogP contribution in [0.4, 0.5) is 0 Å². The van der Waals surface area contributed by atoms with E-state index >= 15 is 0 Å². The van der Waals surface area contributed by atoms with Gasteiger partial charge in [0.1, 0.15) is 17.3 Å². The number of carbonyl (C=O) groups is 1. The molecule has 1 aromatic rings. The van der Waals surface area contributed by atoms with Crippen molar-refractivity contribution in [2.75, 3.05) is 6.61 Å². The quantitative estimate of drug-likeness (QED) is 0.788. The van der Waals surface area contributed by atoms with Crippen molar-refractivity contribution in [1.29, 1.82) is 0 Å². The summed E-state index contributed by atoms with van der Waals surface area (Å²) in [4.78, 5) is 12.2. The molecule has 106 valence electrons. The Morgan fingerprint density at radius 2 is 2.20 bits per heavy atom. The highest BCUT2D eigenvalue weighted by molar-refractivity contribution is 5.87. The van der Waals surface area contributed by atoms with Crippen LogP contribution in [0.2, 0.25) is 0 Å². The highest BCUT2D eigenvalue weighted by Gasteiger charge is 2.55. The number of ether oxygens (including phenoxy) is 1. The average Bonchev–Trinajstić information content (AvgIpc) is 2.74. The molecule has 20 heavy (non-hydrogen) atoms. The monoisotopic (exact) mass is 272 g/mol. The fourth-order valence-electron chi connectivity index (χ4n) is 4.82. The molecule has 0 spiro atoms. The van der Waals surface area contributed by atoms with Crippen LogP contribution in [-0.4, -0.2) is 17.5 Å². The highest BCUT2D eigenvalue weighted by atomic mass is 16.5. The maximum absolute atomic E-state index is 12.2. The first-order valence-electron chi connectivity index (χ1n) is 7.58. The first-order chi connectivity index (χ1) is 9.59. The number of aromatic hydroxyl groups is 1. The molecule has 3 nitrogen and oxygen atoms in total. The molecule has 3 aliphatic rings. The molecule has 1 heterocycles. The molecule has 0 amide bonds. The predicted octanol–water partition coefficient (Wildman–Crippen LogP) is 3.26. The van der Waals surface area contributed by atoms with Gasteiger partial charge in [0, 0.05) is 23.8 Å². The number of benzene rings is 1.